The monoisotopic (exact) mass is 284 g/mol. The van der Waals surface area contributed by atoms with E-state index in [-0.39, 0.29) is 11.7 Å². The number of ether oxygens (including phenoxy) is 1. The van der Waals surface area contributed by atoms with Gasteiger partial charge >= 0.3 is 5.69 Å². The van der Waals surface area contributed by atoms with Crippen LogP contribution < -0.4 is 16.2 Å². The highest BCUT2D eigenvalue weighted by Gasteiger charge is 2.15. The van der Waals surface area contributed by atoms with Crippen LogP contribution in [0.5, 0.6) is 5.75 Å². The first-order chi connectivity index (χ1) is 10.2. The molecule has 1 atom stereocenters. The van der Waals surface area contributed by atoms with Gasteiger partial charge in [0.25, 0.3) is 0 Å². The highest BCUT2D eigenvalue weighted by molar-refractivity contribution is 5.37. The third-order valence-corrected chi connectivity index (χ3v) is 3.40. The molecular formula is C15H16N4O2. The minimum atomic E-state index is -0.372. The Kier molecular flexibility index (Phi) is 3.45. The number of rotatable bonds is 4. The zero-order valence-electron chi connectivity index (χ0n) is 11.6. The van der Waals surface area contributed by atoms with Gasteiger partial charge in [0.15, 0.2) is 5.65 Å². The van der Waals surface area contributed by atoms with E-state index in [2.05, 4.69) is 5.10 Å². The Morgan fingerprint density at radius 2 is 2.00 bits per heavy atom. The summed E-state index contributed by atoms with van der Waals surface area (Å²) in [6.45, 7) is 0.293. The second kappa shape index (κ2) is 5.41. The molecule has 0 amide bonds. The average molecular weight is 284 g/mol. The van der Waals surface area contributed by atoms with Crippen molar-refractivity contribution in [3.63, 3.8) is 0 Å². The summed E-state index contributed by atoms with van der Waals surface area (Å²) in [6, 6.07) is 12.6. The highest BCUT2D eigenvalue weighted by Crippen LogP contribution is 2.23. The van der Waals surface area contributed by atoms with Crippen LogP contribution >= 0.6 is 0 Å². The summed E-state index contributed by atoms with van der Waals surface area (Å²) in [5.41, 5.74) is 7.46. The fourth-order valence-corrected chi connectivity index (χ4v) is 2.34. The smallest absolute Gasteiger partial charge is 0.350 e. The van der Waals surface area contributed by atoms with E-state index in [1.165, 1.54) is 9.08 Å². The molecule has 0 aliphatic rings. The topological polar surface area (TPSA) is 74.6 Å². The zero-order chi connectivity index (χ0) is 14.8. The fraction of sp³-hybridized carbons (Fsp3) is 0.200. The van der Waals surface area contributed by atoms with Crippen molar-refractivity contribution in [1.82, 2.24) is 14.2 Å². The van der Waals surface area contributed by atoms with Crippen molar-refractivity contribution in [3.05, 3.63) is 64.7 Å². The zero-order valence-corrected chi connectivity index (χ0v) is 11.6. The summed E-state index contributed by atoms with van der Waals surface area (Å²) < 4.78 is 8.18. The molecule has 0 bridgehead atoms. The summed E-state index contributed by atoms with van der Waals surface area (Å²) in [6.07, 6.45) is 1.69. The molecule has 1 aromatic carbocycles. The third kappa shape index (κ3) is 2.41. The van der Waals surface area contributed by atoms with Crippen molar-refractivity contribution in [2.24, 2.45) is 5.73 Å². The first-order valence-electron chi connectivity index (χ1n) is 6.63. The number of nitrogens with zero attached hydrogens (tertiary/aromatic N) is 3. The minimum absolute atomic E-state index is 0.198. The Labute approximate surface area is 121 Å². The fourth-order valence-electron chi connectivity index (χ4n) is 2.34. The molecule has 108 valence electrons. The lowest BCUT2D eigenvalue weighted by Crippen LogP contribution is -2.27. The molecular weight excluding hydrogens is 268 g/mol. The predicted molar refractivity (Wildman–Crippen MR) is 79.4 cm³/mol. The molecule has 0 fully saturated rings. The molecule has 3 aromatic rings. The number of aromatic nitrogens is 3. The van der Waals surface area contributed by atoms with Crippen molar-refractivity contribution in [2.75, 3.05) is 7.11 Å². The number of para-hydroxylation sites is 1. The number of hydrogen-bond acceptors (Lipinski definition) is 4. The van der Waals surface area contributed by atoms with Gasteiger partial charge in [0, 0.05) is 11.8 Å². The van der Waals surface area contributed by atoms with Crippen LogP contribution in [-0.4, -0.2) is 21.3 Å². The van der Waals surface area contributed by atoms with Crippen LogP contribution in [0.15, 0.2) is 53.5 Å². The first kappa shape index (κ1) is 13.4. The van der Waals surface area contributed by atoms with Gasteiger partial charge in [0.1, 0.15) is 5.75 Å². The summed E-state index contributed by atoms with van der Waals surface area (Å²) in [7, 11) is 1.60. The van der Waals surface area contributed by atoms with E-state index in [9.17, 15) is 4.79 Å². The average Bonchev–Trinajstić information content (AvgIpc) is 2.84. The minimum Gasteiger partial charge on any atom is -0.496 e. The van der Waals surface area contributed by atoms with E-state index in [1.807, 2.05) is 30.3 Å². The molecule has 6 heteroatoms. The van der Waals surface area contributed by atoms with Crippen LogP contribution in [0.1, 0.15) is 11.6 Å². The molecule has 0 saturated carbocycles. The van der Waals surface area contributed by atoms with Gasteiger partial charge in [-0.05, 0) is 18.2 Å². The van der Waals surface area contributed by atoms with Crippen LogP contribution in [0.25, 0.3) is 5.65 Å². The van der Waals surface area contributed by atoms with E-state index >= 15 is 0 Å². The number of methoxy groups -OCH3 is 1. The Morgan fingerprint density at radius 1 is 1.24 bits per heavy atom. The van der Waals surface area contributed by atoms with Crippen LogP contribution in [0.3, 0.4) is 0 Å². The van der Waals surface area contributed by atoms with Crippen LogP contribution in [0.4, 0.5) is 0 Å². The molecule has 6 nitrogen and oxygen atoms in total. The van der Waals surface area contributed by atoms with E-state index in [1.54, 1.807) is 25.4 Å². The second-order valence-electron chi connectivity index (χ2n) is 4.74. The van der Waals surface area contributed by atoms with Crippen molar-refractivity contribution in [1.29, 1.82) is 0 Å². The Hall–Kier alpha value is -2.60. The van der Waals surface area contributed by atoms with Crippen molar-refractivity contribution >= 4 is 5.65 Å². The first-order valence-corrected chi connectivity index (χ1v) is 6.63. The maximum absolute atomic E-state index is 12.2. The summed E-state index contributed by atoms with van der Waals surface area (Å²) in [5.74, 6) is 0.710. The highest BCUT2D eigenvalue weighted by atomic mass is 16.5. The molecule has 2 N–H and O–H groups in total. The van der Waals surface area contributed by atoms with E-state index in [0.29, 0.717) is 17.9 Å². The third-order valence-electron chi connectivity index (χ3n) is 3.40. The van der Waals surface area contributed by atoms with Gasteiger partial charge in [-0.3, -0.25) is 4.40 Å². The van der Waals surface area contributed by atoms with Gasteiger partial charge < -0.3 is 10.5 Å². The van der Waals surface area contributed by atoms with Gasteiger partial charge in [0.05, 0.1) is 19.7 Å². The predicted octanol–water partition coefficient (Wildman–Crippen LogP) is 1.20. The molecule has 0 aliphatic heterocycles. The van der Waals surface area contributed by atoms with E-state index in [0.717, 1.165) is 5.56 Å². The lowest BCUT2D eigenvalue weighted by Gasteiger charge is -2.14. The largest absolute Gasteiger partial charge is 0.496 e. The Balaban J connectivity index is 1.95. The van der Waals surface area contributed by atoms with Gasteiger partial charge in [-0.2, -0.15) is 0 Å². The van der Waals surface area contributed by atoms with Crippen LogP contribution in [-0.2, 0) is 6.54 Å². The molecule has 0 aliphatic carbocycles. The molecule has 1 unspecified atom stereocenters. The van der Waals surface area contributed by atoms with E-state index in [4.69, 9.17) is 10.5 Å². The second-order valence-corrected chi connectivity index (χ2v) is 4.74. The molecule has 0 radical (unpaired) electrons. The quantitative estimate of drug-likeness (QED) is 0.781. The van der Waals surface area contributed by atoms with Crippen molar-refractivity contribution in [2.45, 2.75) is 12.6 Å². The summed E-state index contributed by atoms with van der Waals surface area (Å²) >= 11 is 0. The Bertz CT molecular complexity index is 822. The molecule has 2 aromatic heterocycles. The Morgan fingerprint density at radius 3 is 2.76 bits per heavy atom. The maximum atomic E-state index is 12.2. The summed E-state index contributed by atoms with van der Waals surface area (Å²) in [5, 5.41) is 4.28. The molecule has 21 heavy (non-hydrogen) atoms. The molecule has 2 heterocycles. The molecule has 3 rings (SSSR count). The van der Waals surface area contributed by atoms with Gasteiger partial charge in [-0.15, -0.1) is 5.10 Å². The van der Waals surface area contributed by atoms with E-state index < -0.39 is 0 Å². The van der Waals surface area contributed by atoms with Crippen molar-refractivity contribution < 1.29 is 4.74 Å². The molecule has 0 spiro atoms. The maximum Gasteiger partial charge on any atom is 0.350 e. The van der Waals surface area contributed by atoms with Gasteiger partial charge in [0.2, 0.25) is 0 Å². The summed E-state index contributed by atoms with van der Waals surface area (Å²) in [4.78, 5) is 12.2. The standard InChI is InChI=1S/C15H16N4O2/c1-21-13-7-3-2-6-11(13)12(16)10-19-15(20)18-9-5-4-8-14(18)17-19/h2-9,12H,10,16H2,1H3. The SMILES string of the molecule is COc1ccccc1C(N)Cn1nc2ccccn2c1=O. The normalized spacial score (nSPS) is 12.5. The lowest BCUT2D eigenvalue weighted by molar-refractivity contribution is 0.399. The van der Waals surface area contributed by atoms with Gasteiger partial charge in [-0.25, -0.2) is 9.48 Å². The number of hydrogen-bond donors (Lipinski definition) is 1. The number of fused-ring (bicyclic) bond motifs is 1. The number of nitrogens with two attached hydrogens (primary N) is 1. The van der Waals surface area contributed by atoms with Gasteiger partial charge in [-0.1, -0.05) is 24.3 Å². The van der Waals surface area contributed by atoms with Crippen LogP contribution in [0.2, 0.25) is 0 Å². The van der Waals surface area contributed by atoms with Crippen molar-refractivity contribution in [3.8, 4) is 5.75 Å². The number of benzene rings is 1. The van der Waals surface area contributed by atoms with Crippen LogP contribution in [0, 0.1) is 0 Å². The lowest BCUT2D eigenvalue weighted by atomic mass is 10.1. The number of pyridine rings is 1. The molecule has 0 saturated heterocycles.